The van der Waals surface area contributed by atoms with E-state index in [1.165, 1.54) is 83.5 Å². The van der Waals surface area contributed by atoms with Crippen LogP contribution in [-0.4, -0.2) is 5.38 Å². The van der Waals surface area contributed by atoms with Crippen molar-refractivity contribution >= 4 is 11.6 Å². The Morgan fingerprint density at radius 1 is 0.647 bits per heavy atom. The highest BCUT2D eigenvalue weighted by atomic mass is 35.5. The molecule has 104 valence electrons. The molecule has 0 spiro atoms. The van der Waals surface area contributed by atoms with Gasteiger partial charge in [0, 0.05) is 5.38 Å². The van der Waals surface area contributed by atoms with Crippen LogP contribution in [0.25, 0.3) is 0 Å². The zero-order valence-electron chi connectivity index (χ0n) is 12.1. The van der Waals surface area contributed by atoms with Gasteiger partial charge in [-0.2, -0.15) is 0 Å². The fourth-order valence-corrected chi connectivity index (χ4v) is 2.42. The normalized spacial score (nSPS) is 12.9. The molecule has 0 aliphatic rings. The molecule has 0 aromatic rings. The summed E-state index contributed by atoms with van der Waals surface area (Å²) in [5.74, 6) is 0. The number of unbranched alkanes of at least 4 members (excludes halogenated alkanes) is 11. The highest BCUT2D eigenvalue weighted by molar-refractivity contribution is 6.20. The fraction of sp³-hybridized carbons (Fsp3) is 1.00. The standard InChI is InChI=1S/C16H33Cl/c1-3-4-5-6-7-8-9-10-11-12-13-14-15-16(2)17/h16H,3-15H2,1-2H3. The molecule has 1 heteroatoms. The molecule has 17 heavy (non-hydrogen) atoms. The highest BCUT2D eigenvalue weighted by Crippen LogP contribution is 2.13. The summed E-state index contributed by atoms with van der Waals surface area (Å²) < 4.78 is 0. The van der Waals surface area contributed by atoms with Crippen molar-refractivity contribution in [1.82, 2.24) is 0 Å². The molecule has 0 bridgehead atoms. The molecule has 1 atom stereocenters. The minimum Gasteiger partial charge on any atom is -0.123 e. The van der Waals surface area contributed by atoms with Gasteiger partial charge in [0.15, 0.2) is 0 Å². The lowest BCUT2D eigenvalue weighted by Gasteiger charge is -2.03. The van der Waals surface area contributed by atoms with E-state index in [0.29, 0.717) is 5.38 Å². The molecule has 0 aliphatic carbocycles. The molecule has 1 unspecified atom stereocenters. The lowest BCUT2D eigenvalue weighted by Crippen LogP contribution is -1.90. The monoisotopic (exact) mass is 260 g/mol. The number of alkyl halides is 1. The molecule has 0 amide bonds. The zero-order valence-corrected chi connectivity index (χ0v) is 12.9. The average molecular weight is 261 g/mol. The van der Waals surface area contributed by atoms with Crippen LogP contribution in [0.4, 0.5) is 0 Å². The Morgan fingerprint density at radius 3 is 1.35 bits per heavy atom. The summed E-state index contributed by atoms with van der Waals surface area (Å²) in [5, 5.41) is 0.373. The predicted molar refractivity (Wildman–Crippen MR) is 81.0 cm³/mol. The molecule has 0 N–H and O–H groups in total. The van der Waals surface area contributed by atoms with E-state index in [1.807, 2.05) is 0 Å². The van der Waals surface area contributed by atoms with E-state index in [-0.39, 0.29) is 0 Å². The molecule has 0 radical (unpaired) electrons. The van der Waals surface area contributed by atoms with Crippen molar-refractivity contribution in [3.05, 3.63) is 0 Å². The van der Waals surface area contributed by atoms with Gasteiger partial charge >= 0.3 is 0 Å². The lowest BCUT2D eigenvalue weighted by atomic mass is 10.0. The molecule has 0 fully saturated rings. The third kappa shape index (κ3) is 16.3. The maximum Gasteiger partial charge on any atom is 0.0307 e. The predicted octanol–water partition coefficient (Wildman–Crippen LogP) is 6.70. The summed E-state index contributed by atoms with van der Waals surface area (Å²) in [4.78, 5) is 0. The minimum absolute atomic E-state index is 0.373. The van der Waals surface area contributed by atoms with Crippen LogP contribution in [-0.2, 0) is 0 Å². The maximum atomic E-state index is 5.91. The lowest BCUT2D eigenvalue weighted by molar-refractivity contribution is 0.539. The topological polar surface area (TPSA) is 0 Å². The first-order valence-electron chi connectivity index (χ1n) is 7.91. The highest BCUT2D eigenvalue weighted by Gasteiger charge is 1.96. The largest absolute Gasteiger partial charge is 0.123 e. The zero-order chi connectivity index (χ0) is 12.8. The van der Waals surface area contributed by atoms with Gasteiger partial charge in [0.2, 0.25) is 0 Å². The van der Waals surface area contributed by atoms with Crippen molar-refractivity contribution in [3.8, 4) is 0 Å². The molecule has 0 saturated heterocycles. The van der Waals surface area contributed by atoms with Gasteiger partial charge in [0.25, 0.3) is 0 Å². The quantitative estimate of drug-likeness (QED) is 0.255. The van der Waals surface area contributed by atoms with Gasteiger partial charge in [0.1, 0.15) is 0 Å². The third-order valence-corrected chi connectivity index (χ3v) is 3.67. The van der Waals surface area contributed by atoms with E-state index in [4.69, 9.17) is 11.6 Å². The second-order valence-corrected chi connectivity index (χ2v) is 6.20. The fourth-order valence-electron chi connectivity index (χ4n) is 2.27. The number of hydrogen-bond donors (Lipinski definition) is 0. The summed E-state index contributed by atoms with van der Waals surface area (Å²) in [6, 6.07) is 0. The van der Waals surface area contributed by atoms with Crippen LogP contribution in [0.5, 0.6) is 0 Å². The van der Waals surface area contributed by atoms with E-state index in [9.17, 15) is 0 Å². The van der Waals surface area contributed by atoms with Crippen LogP contribution in [0.15, 0.2) is 0 Å². The Labute approximate surface area is 115 Å². The second-order valence-electron chi connectivity index (χ2n) is 5.46. The Bertz CT molecular complexity index is 131. The Morgan fingerprint density at radius 2 is 1.00 bits per heavy atom. The molecule has 0 aliphatic heterocycles. The van der Waals surface area contributed by atoms with Gasteiger partial charge in [-0.1, -0.05) is 84.0 Å². The molecule has 0 saturated carbocycles. The molecular weight excluding hydrogens is 228 g/mol. The summed E-state index contributed by atoms with van der Waals surface area (Å²) in [6.45, 7) is 4.38. The van der Waals surface area contributed by atoms with Gasteiger partial charge in [0.05, 0.1) is 0 Å². The van der Waals surface area contributed by atoms with Crippen LogP contribution < -0.4 is 0 Å². The van der Waals surface area contributed by atoms with Crippen molar-refractivity contribution in [2.24, 2.45) is 0 Å². The van der Waals surface area contributed by atoms with Gasteiger partial charge in [-0.15, -0.1) is 11.6 Å². The molecule has 0 aromatic carbocycles. The van der Waals surface area contributed by atoms with Crippen LogP contribution in [0.3, 0.4) is 0 Å². The van der Waals surface area contributed by atoms with Gasteiger partial charge in [-0.05, 0) is 13.3 Å². The molecule has 0 heterocycles. The number of halogens is 1. The Kier molecular flexibility index (Phi) is 14.6. The first-order valence-corrected chi connectivity index (χ1v) is 8.35. The minimum atomic E-state index is 0.373. The Hall–Kier alpha value is 0.290. The van der Waals surface area contributed by atoms with Crippen LogP contribution >= 0.6 is 11.6 Å². The first kappa shape index (κ1) is 17.3. The maximum absolute atomic E-state index is 5.91. The second kappa shape index (κ2) is 14.4. The molecule has 0 rings (SSSR count). The Balaban J connectivity index is 2.89. The van der Waals surface area contributed by atoms with Crippen molar-refractivity contribution in [2.45, 2.75) is 103 Å². The average Bonchev–Trinajstić information content (AvgIpc) is 2.30. The summed E-state index contributed by atoms with van der Waals surface area (Å²) in [7, 11) is 0. The van der Waals surface area contributed by atoms with Gasteiger partial charge in [-0.3, -0.25) is 0 Å². The van der Waals surface area contributed by atoms with E-state index in [1.54, 1.807) is 0 Å². The summed E-state index contributed by atoms with van der Waals surface area (Å²) in [5.41, 5.74) is 0. The van der Waals surface area contributed by atoms with Gasteiger partial charge in [-0.25, -0.2) is 0 Å². The van der Waals surface area contributed by atoms with Crippen LogP contribution in [0, 0.1) is 0 Å². The smallest absolute Gasteiger partial charge is 0.0307 e. The van der Waals surface area contributed by atoms with Crippen molar-refractivity contribution < 1.29 is 0 Å². The van der Waals surface area contributed by atoms with E-state index in [0.717, 1.165) is 0 Å². The van der Waals surface area contributed by atoms with Crippen molar-refractivity contribution in [1.29, 1.82) is 0 Å². The first-order chi connectivity index (χ1) is 8.27. The third-order valence-electron chi connectivity index (χ3n) is 3.46. The molecule has 0 nitrogen and oxygen atoms in total. The molecular formula is C16H33Cl. The number of rotatable bonds is 13. The van der Waals surface area contributed by atoms with Crippen LogP contribution in [0.1, 0.15) is 97.3 Å². The van der Waals surface area contributed by atoms with Gasteiger partial charge < -0.3 is 0 Å². The number of hydrogen-bond acceptors (Lipinski definition) is 0. The SMILES string of the molecule is CCCCCCCCCCCCCCC(C)Cl. The van der Waals surface area contributed by atoms with Crippen molar-refractivity contribution in [2.75, 3.05) is 0 Å². The van der Waals surface area contributed by atoms with E-state index >= 15 is 0 Å². The summed E-state index contributed by atoms with van der Waals surface area (Å²) >= 11 is 5.91. The molecule has 0 aromatic heterocycles. The summed E-state index contributed by atoms with van der Waals surface area (Å²) in [6.07, 6.45) is 18.3. The van der Waals surface area contributed by atoms with E-state index < -0.39 is 0 Å². The van der Waals surface area contributed by atoms with E-state index in [2.05, 4.69) is 13.8 Å². The van der Waals surface area contributed by atoms with Crippen LogP contribution in [0.2, 0.25) is 0 Å². The van der Waals surface area contributed by atoms with Crippen molar-refractivity contribution in [3.63, 3.8) is 0 Å².